The van der Waals surface area contributed by atoms with Crippen molar-refractivity contribution < 1.29 is 19.0 Å². The maximum absolute atomic E-state index is 8.00. The minimum absolute atomic E-state index is 0. The van der Waals surface area contributed by atoms with E-state index in [0.717, 1.165) is 11.5 Å². The van der Waals surface area contributed by atoms with Gasteiger partial charge >= 0.3 is 0 Å². The van der Waals surface area contributed by atoms with Crippen LogP contribution in [-0.4, -0.2) is 33.2 Å². The molecule has 0 amide bonds. The first kappa shape index (κ1) is 32.3. The van der Waals surface area contributed by atoms with Gasteiger partial charge in [-0.3, -0.25) is 0 Å². The third-order valence-corrected chi connectivity index (χ3v) is 3.67. The number of hydrogen-bond donors (Lipinski definition) is 1. The van der Waals surface area contributed by atoms with E-state index in [-0.39, 0.29) is 17.7 Å². The zero-order chi connectivity index (χ0) is 22.7. The first-order valence-electron chi connectivity index (χ1n) is 10.2. The molecule has 1 atom stereocenters. The van der Waals surface area contributed by atoms with Crippen molar-refractivity contribution in [3.05, 3.63) is 60.2 Å². The van der Waals surface area contributed by atoms with E-state index in [0.29, 0.717) is 13.2 Å². The molecule has 0 heterocycles. The SMILES string of the molecule is C=O.CC.CC.COC(COc1ccccc1)COc1ccc(C(C)(C)C)cc1.N. The van der Waals surface area contributed by atoms with E-state index in [9.17, 15) is 0 Å². The fourth-order valence-corrected chi connectivity index (χ4v) is 2.13. The highest BCUT2D eigenvalue weighted by Crippen LogP contribution is 2.24. The van der Waals surface area contributed by atoms with Gasteiger partial charge in [0.15, 0.2) is 0 Å². The minimum Gasteiger partial charge on any atom is -0.491 e. The number of carbonyl (C=O) groups is 1. The average Bonchev–Trinajstić information content (AvgIpc) is 2.78. The Morgan fingerprint density at radius 1 is 0.767 bits per heavy atom. The normalized spacial score (nSPS) is 10.3. The molecule has 0 bridgehead atoms. The molecule has 0 saturated heterocycles. The van der Waals surface area contributed by atoms with Gasteiger partial charge in [-0.1, -0.05) is 78.8 Å². The van der Waals surface area contributed by atoms with Crippen LogP contribution >= 0.6 is 0 Å². The van der Waals surface area contributed by atoms with Crippen molar-refractivity contribution in [3.63, 3.8) is 0 Å². The van der Waals surface area contributed by atoms with Gasteiger partial charge in [0.25, 0.3) is 0 Å². The van der Waals surface area contributed by atoms with Crippen LogP contribution in [0.4, 0.5) is 0 Å². The molecule has 0 radical (unpaired) electrons. The van der Waals surface area contributed by atoms with Gasteiger partial charge in [0.05, 0.1) is 0 Å². The van der Waals surface area contributed by atoms with Crippen LogP contribution in [0.15, 0.2) is 54.6 Å². The van der Waals surface area contributed by atoms with E-state index in [1.54, 1.807) is 7.11 Å². The maximum atomic E-state index is 8.00. The fourth-order valence-electron chi connectivity index (χ4n) is 2.13. The molecule has 2 aromatic carbocycles. The number of carbonyl (C=O) groups excluding carboxylic acids is 1. The van der Waals surface area contributed by atoms with E-state index in [2.05, 4.69) is 32.9 Å². The van der Waals surface area contributed by atoms with Gasteiger partial charge in [0.2, 0.25) is 0 Å². The lowest BCUT2D eigenvalue weighted by Gasteiger charge is -2.20. The molecular formula is C25H43NO4. The summed E-state index contributed by atoms with van der Waals surface area (Å²) >= 11 is 0. The first-order valence-corrected chi connectivity index (χ1v) is 10.2. The minimum atomic E-state index is -0.113. The molecule has 172 valence electrons. The van der Waals surface area contributed by atoms with Crippen molar-refractivity contribution in [3.8, 4) is 11.5 Å². The van der Waals surface area contributed by atoms with Crippen LogP contribution in [0.3, 0.4) is 0 Å². The number of rotatable bonds is 7. The highest BCUT2D eigenvalue weighted by atomic mass is 16.6. The lowest BCUT2D eigenvalue weighted by Crippen LogP contribution is -2.27. The summed E-state index contributed by atoms with van der Waals surface area (Å²) in [5.41, 5.74) is 1.44. The third-order valence-electron chi connectivity index (χ3n) is 3.67. The van der Waals surface area contributed by atoms with Crippen LogP contribution in [0.2, 0.25) is 0 Å². The summed E-state index contributed by atoms with van der Waals surface area (Å²) in [7, 11) is 1.67. The van der Waals surface area contributed by atoms with Crippen molar-refractivity contribution in [1.82, 2.24) is 6.15 Å². The van der Waals surface area contributed by atoms with Gasteiger partial charge in [0.1, 0.15) is 37.6 Å². The average molecular weight is 422 g/mol. The molecule has 1 unspecified atom stereocenters. The molecule has 2 aromatic rings. The van der Waals surface area contributed by atoms with Crippen molar-refractivity contribution in [2.24, 2.45) is 0 Å². The van der Waals surface area contributed by atoms with E-state index in [4.69, 9.17) is 19.0 Å². The number of hydrogen-bond acceptors (Lipinski definition) is 5. The van der Waals surface area contributed by atoms with Gasteiger partial charge in [-0.05, 0) is 35.2 Å². The number of benzene rings is 2. The largest absolute Gasteiger partial charge is 0.491 e. The monoisotopic (exact) mass is 421 g/mol. The molecule has 0 spiro atoms. The molecule has 0 aromatic heterocycles. The Balaban J connectivity index is -0.000000955. The predicted octanol–water partition coefficient (Wildman–Crippen LogP) is 6.49. The van der Waals surface area contributed by atoms with Crippen LogP contribution in [0.5, 0.6) is 11.5 Å². The highest BCUT2D eigenvalue weighted by molar-refractivity contribution is 5.31. The Bertz CT molecular complexity index is 595. The Morgan fingerprint density at radius 3 is 1.53 bits per heavy atom. The molecule has 0 saturated carbocycles. The smallest absolute Gasteiger partial charge is 0.125 e. The van der Waals surface area contributed by atoms with Crippen LogP contribution in [0.1, 0.15) is 54.0 Å². The predicted molar refractivity (Wildman–Crippen MR) is 128 cm³/mol. The lowest BCUT2D eigenvalue weighted by atomic mass is 9.87. The van der Waals surface area contributed by atoms with Gasteiger partial charge < -0.3 is 25.2 Å². The van der Waals surface area contributed by atoms with Crippen molar-refractivity contribution >= 4 is 6.79 Å². The van der Waals surface area contributed by atoms with Gasteiger partial charge in [-0.25, -0.2) is 0 Å². The molecule has 3 N–H and O–H groups in total. The molecule has 2 rings (SSSR count). The Hall–Kier alpha value is -2.37. The Kier molecular flexibility index (Phi) is 21.5. The van der Waals surface area contributed by atoms with Gasteiger partial charge in [-0.2, -0.15) is 0 Å². The fraction of sp³-hybridized carbons (Fsp3) is 0.480. The summed E-state index contributed by atoms with van der Waals surface area (Å²) in [6.45, 7) is 17.5. The van der Waals surface area contributed by atoms with Crippen LogP contribution in [0, 0.1) is 0 Å². The van der Waals surface area contributed by atoms with E-state index in [1.165, 1.54) is 5.56 Å². The van der Waals surface area contributed by atoms with E-state index < -0.39 is 0 Å². The summed E-state index contributed by atoms with van der Waals surface area (Å²) in [6, 6.07) is 17.9. The highest BCUT2D eigenvalue weighted by Gasteiger charge is 2.14. The van der Waals surface area contributed by atoms with E-state index >= 15 is 0 Å². The molecule has 0 aliphatic rings. The Labute approximate surface area is 184 Å². The molecule has 30 heavy (non-hydrogen) atoms. The van der Waals surface area contributed by atoms with Crippen molar-refractivity contribution in [2.75, 3.05) is 20.3 Å². The summed E-state index contributed by atoms with van der Waals surface area (Å²) in [5, 5.41) is 0. The maximum Gasteiger partial charge on any atom is 0.125 e. The molecule has 0 aliphatic carbocycles. The zero-order valence-corrected chi connectivity index (χ0v) is 20.2. The molecule has 0 fully saturated rings. The molecule has 0 aliphatic heterocycles. The van der Waals surface area contributed by atoms with Crippen LogP contribution in [-0.2, 0) is 14.9 Å². The first-order chi connectivity index (χ1) is 14.0. The van der Waals surface area contributed by atoms with Gasteiger partial charge in [0, 0.05) is 7.11 Å². The molecular weight excluding hydrogens is 378 g/mol. The van der Waals surface area contributed by atoms with Crippen LogP contribution in [0.25, 0.3) is 0 Å². The number of methoxy groups -OCH3 is 1. The third kappa shape index (κ3) is 13.7. The second-order valence-corrected chi connectivity index (χ2v) is 6.57. The summed E-state index contributed by atoms with van der Waals surface area (Å²) in [4.78, 5) is 8.00. The van der Waals surface area contributed by atoms with Crippen molar-refractivity contribution in [1.29, 1.82) is 0 Å². The van der Waals surface area contributed by atoms with Gasteiger partial charge in [-0.15, -0.1) is 0 Å². The molecule has 5 heteroatoms. The summed E-state index contributed by atoms with van der Waals surface area (Å²) in [6.07, 6.45) is -0.113. The van der Waals surface area contributed by atoms with E-state index in [1.807, 2.05) is 76.9 Å². The number of ether oxygens (including phenoxy) is 3. The Morgan fingerprint density at radius 2 is 1.17 bits per heavy atom. The van der Waals surface area contributed by atoms with Crippen LogP contribution < -0.4 is 15.6 Å². The second kappa shape index (κ2) is 19.9. The lowest BCUT2D eigenvalue weighted by molar-refractivity contribution is -0.0979. The molecule has 5 nitrogen and oxygen atoms in total. The zero-order valence-electron chi connectivity index (χ0n) is 20.2. The summed E-state index contributed by atoms with van der Waals surface area (Å²) in [5.74, 6) is 1.68. The summed E-state index contributed by atoms with van der Waals surface area (Å²) < 4.78 is 16.9. The standard InChI is InChI=1S/C20H26O3.2C2H6.CH2O.H3N/c1-20(2,3)16-10-12-18(13-11-16)23-15-19(21-4)14-22-17-8-6-5-7-9-17;3*1-2;/h5-13,19H,14-15H2,1-4H3;2*1-2H3;1H2;1H3. The quantitative estimate of drug-likeness (QED) is 0.553. The number of para-hydroxylation sites is 1. The second-order valence-electron chi connectivity index (χ2n) is 6.57. The van der Waals surface area contributed by atoms with Crippen molar-refractivity contribution in [2.45, 2.75) is 60.0 Å². The topological polar surface area (TPSA) is 79.8 Å².